The number of carbonyl (C=O) groups excluding carboxylic acids is 1. The molecule has 7 nitrogen and oxygen atoms in total. The van der Waals surface area contributed by atoms with Gasteiger partial charge in [0, 0.05) is 43.5 Å². The molecule has 0 spiro atoms. The second-order valence-corrected chi connectivity index (χ2v) is 13.1. The zero-order valence-electron chi connectivity index (χ0n) is 25.4. The lowest BCUT2D eigenvalue weighted by Crippen LogP contribution is -2.50. The van der Waals surface area contributed by atoms with Gasteiger partial charge in [0.15, 0.2) is 0 Å². The molecule has 7 rings (SSSR count). The van der Waals surface area contributed by atoms with E-state index in [0.29, 0.717) is 18.1 Å². The summed E-state index contributed by atoms with van der Waals surface area (Å²) < 4.78 is 4.07. The zero-order chi connectivity index (χ0) is 29.6. The fourth-order valence-electron chi connectivity index (χ4n) is 8.56. The normalized spacial score (nSPS) is 24.3. The van der Waals surface area contributed by atoms with Gasteiger partial charge in [0.1, 0.15) is 11.9 Å². The average Bonchev–Trinajstić information content (AvgIpc) is 3.50. The average molecular weight is 578 g/mol. The Morgan fingerprint density at radius 2 is 1.58 bits per heavy atom. The second-order valence-electron chi connectivity index (χ2n) is 13.1. The number of nitrogens with zero attached hydrogens (tertiary/aromatic N) is 5. The highest BCUT2D eigenvalue weighted by molar-refractivity contribution is 5.80. The summed E-state index contributed by atoms with van der Waals surface area (Å²) in [6.07, 6.45) is 9.67. The fraction of sp³-hybridized carbons (Fsp3) is 0.472. The standard InChI is InChI=1S/C36H43N5O2/c1-26(39-20-9-8-14-34(39)42)35(43)38-21-17-36(18-22-38,28-10-4-3-5-11-28)19-23-40-29-15-16-30(40)25-31(24-29)41-27(2)37-32-12-6-7-13-33(32)41/h3-14,20,26,29-31H,15-19,21-25H2,1-2H3/t26?,29-,30+,31+. The van der Waals surface area contributed by atoms with E-state index in [9.17, 15) is 9.59 Å². The molecule has 3 saturated heterocycles. The molecule has 3 aliphatic rings. The highest BCUT2D eigenvalue weighted by Gasteiger charge is 2.44. The van der Waals surface area contributed by atoms with Crippen LogP contribution < -0.4 is 5.56 Å². The highest BCUT2D eigenvalue weighted by Crippen LogP contribution is 2.45. The van der Waals surface area contributed by atoms with Crippen molar-refractivity contribution in [1.29, 1.82) is 0 Å². The number of fused-ring (bicyclic) bond motifs is 3. The van der Waals surface area contributed by atoms with Crippen LogP contribution in [0.25, 0.3) is 11.0 Å². The summed E-state index contributed by atoms with van der Waals surface area (Å²) in [5, 5.41) is 0. The van der Waals surface area contributed by atoms with E-state index in [1.165, 1.54) is 42.8 Å². The largest absolute Gasteiger partial charge is 0.341 e. The van der Waals surface area contributed by atoms with Crippen molar-refractivity contribution in [2.24, 2.45) is 0 Å². The quantitative estimate of drug-likeness (QED) is 0.275. The molecule has 3 aliphatic heterocycles. The molecular formula is C36H43N5O2. The van der Waals surface area contributed by atoms with Crippen LogP contribution >= 0.6 is 0 Å². The molecule has 3 fully saturated rings. The third-order valence-electron chi connectivity index (χ3n) is 10.9. The third-order valence-corrected chi connectivity index (χ3v) is 10.9. The highest BCUT2D eigenvalue weighted by atomic mass is 16.2. The van der Waals surface area contributed by atoms with Crippen LogP contribution in [0.1, 0.15) is 75.3 Å². The van der Waals surface area contributed by atoms with Gasteiger partial charge in [-0.3, -0.25) is 14.5 Å². The van der Waals surface area contributed by atoms with E-state index in [0.717, 1.165) is 50.2 Å². The molecule has 224 valence electrons. The predicted molar refractivity (Wildman–Crippen MR) is 170 cm³/mol. The smallest absolute Gasteiger partial charge is 0.251 e. The Bertz CT molecular complexity index is 1640. The van der Waals surface area contributed by atoms with E-state index in [2.05, 4.69) is 71.0 Å². The van der Waals surface area contributed by atoms with Gasteiger partial charge < -0.3 is 14.0 Å². The number of rotatable bonds is 7. The molecule has 1 amide bonds. The maximum atomic E-state index is 13.5. The molecule has 0 aliphatic carbocycles. The molecule has 5 heterocycles. The Hall–Kier alpha value is -3.71. The van der Waals surface area contributed by atoms with Gasteiger partial charge in [-0.1, -0.05) is 48.5 Å². The van der Waals surface area contributed by atoms with Gasteiger partial charge in [-0.15, -0.1) is 0 Å². The lowest BCUT2D eigenvalue weighted by atomic mass is 9.70. The van der Waals surface area contributed by atoms with E-state index >= 15 is 0 Å². The topological polar surface area (TPSA) is 63.4 Å². The van der Waals surface area contributed by atoms with E-state index in [1.807, 2.05) is 17.9 Å². The zero-order valence-corrected chi connectivity index (χ0v) is 25.4. The van der Waals surface area contributed by atoms with Crippen LogP contribution in [0.2, 0.25) is 0 Å². The monoisotopic (exact) mass is 577 g/mol. The van der Waals surface area contributed by atoms with Gasteiger partial charge in [-0.2, -0.15) is 0 Å². The number of aromatic nitrogens is 3. The molecule has 2 bridgehead atoms. The number of hydrogen-bond donors (Lipinski definition) is 0. The van der Waals surface area contributed by atoms with Crippen LogP contribution in [0, 0.1) is 6.92 Å². The Morgan fingerprint density at radius 1 is 0.907 bits per heavy atom. The second kappa shape index (κ2) is 11.4. The minimum Gasteiger partial charge on any atom is -0.341 e. The first-order chi connectivity index (χ1) is 20.9. The van der Waals surface area contributed by atoms with Crippen LogP contribution in [0.15, 0.2) is 83.8 Å². The van der Waals surface area contributed by atoms with Crippen molar-refractivity contribution in [3.8, 4) is 0 Å². The molecule has 0 N–H and O–H groups in total. The third kappa shape index (κ3) is 5.12. The molecule has 43 heavy (non-hydrogen) atoms. The molecular weight excluding hydrogens is 534 g/mol. The van der Waals surface area contributed by atoms with Crippen molar-refractivity contribution >= 4 is 16.9 Å². The van der Waals surface area contributed by atoms with Crippen molar-refractivity contribution in [2.75, 3.05) is 19.6 Å². The van der Waals surface area contributed by atoms with Crippen LogP contribution in [0.3, 0.4) is 0 Å². The van der Waals surface area contributed by atoms with Gasteiger partial charge >= 0.3 is 0 Å². The molecule has 7 heteroatoms. The summed E-state index contributed by atoms with van der Waals surface area (Å²) >= 11 is 0. The maximum absolute atomic E-state index is 13.5. The van der Waals surface area contributed by atoms with Gasteiger partial charge in [-0.05, 0) is 94.5 Å². The van der Waals surface area contributed by atoms with Crippen molar-refractivity contribution in [3.05, 3.63) is 101 Å². The first-order valence-corrected chi connectivity index (χ1v) is 16.1. The minimum absolute atomic E-state index is 0.0393. The van der Waals surface area contributed by atoms with E-state index in [-0.39, 0.29) is 16.9 Å². The summed E-state index contributed by atoms with van der Waals surface area (Å²) in [5.74, 6) is 1.17. The number of carbonyl (C=O) groups is 1. The molecule has 4 aromatic rings. The Labute approximate surface area is 254 Å². The van der Waals surface area contributed by atoms with Gasteiger partial charge in [0.25, 0.3) is 5.56 Å². The summed E-state index contributed by atoms with van der Waals surface area (Å²) in [6.45, 7) is 6.55. The summed E-state index contributed by atoms with van der Waals surface area (Å²) in [7, 11) is 0. The number of imidazole rings is 1. The first-order valence-electron chi connectivity index (χ1n) is 16.1. The Balaban J connectivity index is 1.05. The summed E-state index contributed by atoms with van der Waals surface area (Å²) in [6, 6.07) is 25.9. The predicted octanol–water partition coefficient (Wildman–Crippen LogP) is 5.89. The molecule has 0 saturated carbocycles. The lowest BCUT2D eigenvalue weighted by molar-refractivity contribution is -0.136. The van der Waals surface area contributed by atoms with Crippen molar-refractivity contribution in [3.63, 3.8) is 0 Å². The van der Waals surface area contributed by atoms with Gasteiger partial charge in [-0.25, -0.2) is 4.98 Å². The number of para-hydroxylation sites is 2. The first kappa shape index (κ1) is 28.1. The number of aryl methyl sites for hydroxylation is 1. The van der Waals surface area contributed by atoms with Gasteiger partial charge in [0.2, 0.25) is 5.91 Å². The van der Waals surface area contributed by atoms with E-state index in [4.69, 9.17) is 4.98 Å². The fourth-order valence-corrected chi connectivity index (χ4v) is 8.56. The molecule has 2 aromatic heterocycles. The molecule has 1 unspecified atom stereocenters. The summed E-state index contributed by atoms with van der Waals surface area (Å²) in [5.41, 5.74) is 3.70. The molecule has 0 radical (unpaired) electrons. The number of piperidine rings is 2. The van der Waals surface area contributed by atoms with Crippen molar-refractivity contribution in [2.45, 2.75) is 88.4 Å². The van der Waals surface area contributed by atoms with Crippen LogP contribution in [-0.2, 0) is 10.2 Å². The summed E-state index contributed by atoms with van der Waals surface area (Å²) in [4.78, 5) is 35.5. The number of amides is 1. The number of benzene rings is 2. The van der Waals surface area contributed by atoms with Crippen molar-refractivity contribution in [1.82, 2.24) is 23.9 Å². The van der Waals surface area contributed by atoms with Crippen LogP contribution in [0.5, 0.6) is 0 Å². The maximum Gasteiger partial charge on any atom is 0.251 e. The number of pyridine rings is 1. The van der Waals surface area contributed by atoms with Crippen LogP contribution in [-0.4, -0.2) is 61.5 Å². The molecule has 4 atom stereocenters. The minimum atomic E-state index is -0.494. The SMILES string of the molecule is Cc1nc2ccccc2n1[C@H]1C[C@H]2CC[C@@H](C1)N2CCC1(c2ccccc2)CCN(C(=O)C(C)n2ccccc2=O)CC1. The van der Waals surface area contributed by atoms with E-state index < -0.39 is 6.04 Å². The lowest BCUT2D eigenvalue weighted by Gasteiger charge is -2.46. The number of likely N-dealkylation sites (tertiary alicyclic amines) is 1. The number of hydrogen-bond acceptors (Lipinski definition) is 4. The molecule has 2 aromatic carbocycles. The Morgan fingerprint density at radius 3 is 2.30 bits per heavy atom. The van der Waals surface area contributed by atoms with Crippen LogP contribution in [0.4, 0.5) is 0 Å². The van der Waals surface area contributed by atoms with E-state index in [1.54, 1.807) is 16.8 Å². The van der Waals surface area contributed by atoms with Gasteiger partial charge in [0.05, 0.1) is 11.0 Å². The Kier molecular flexibility index (Phi) is 7.46. The van der Waals surface area contributed by atoms with Crippen molar-refractivity contribution < 1.29 is 4.79 Å².